The quantitative estimate of drug-likeness (QED) is 0.884. The molecule has 0 radical (unpaired) electrons. The summed E-state index contributed by atoms with van der Waals surface area (Å²) >= 11 is 0. The molecule has 0 spiro atoms. The number of rotatable bonds is 4. The molecule has 116 valence electrons. The lowest BCUT2D eigenvalue weighted by Gasteiger charge is -2.34. The van der Waals surface area contributed by atoms with E-state index in [0.29, 0.717) is 18.2 Å². The molecule has 2 unspecified atom stereocenters. The molecule has 5 nitrogen and oxygen atoms in total. The standard InChI is InChI=1S/C16H25N3O2/c1-11-4-5-15(21-3)14(8-11)18-16(20)10-19-7-6-13(17)12(2)9-19/h4-5,8,12-13H,6-7,9-10,17H2,1-3H3,(H,18,20). The Bertz CT molecular complexity index is 504. The molecule has 1 amide bonds. The minimum Gasteiger partial charge on any atom is -0.495 e. The SMILES string of the molecule is COc1ccc(C)cc1NC(=O)CN1CCC(N)C(C)C1. The van der Waals surface area contributed by atoms with Gasteiger partial charge in [-0.3, -0.25) is 9.69 Å². The van der Waals surface area contributed by atoms with E-state index >= 15 is 0 Å². The second-order valence-corrected chi connectivity index (χ2v) is 5.92. The summed E-state index contributed by atoms with van der Waals surface area (Å²) in [6.07, 6.45) is 0.947. The van der Waals surface area contributed by atoms with Crippen molar-refractivity contribution in [3.05, 3.63) is 23.8 Å². The van der Waals surface area contributed by atoms with Gasteiger partial charge in [-0.1, -0.05) is 13.0 Å². The van der Waals surface area contributed by atoms with Crippen LogP contribution in [0.3, 0.4) is 0 Å². The van der Waals surface area contributed by atoms with E-state index in [-0.39, 0.29) is 11.9 Å². The first-order chi connectivity index (χ1) is 9.99. The molecule has 0 saturated carbocycles. The van der Waals surface area contributed by atoms with E-state index in [1.165, 1.54) is 0 Å². The van der Waals surface area contributed by atoms with E-state index in [9.17, 15) is 4.79 Å². The first-order valence-corrected chi connectivity index (χ1v) is 7.42. The predicted molar refractivity (Wildman–Crippen MR) is 84.6 cm³/mol. The Hall–Kier alpha value is -1.59. The Morgan fingerprint density at radius 2 is 2.29 bits per heavy atom. The van der Waals surface area contributed by atoms with Crippen LogP contribution in [0, 0.1) is 12.8 Å². The fraction of sp³-hybridized carbons (Fsp3) is 0.562. The molecule has 1 saturated heterocycles. The van der Waals surface area contributed by atoms with E-state index in [0.717, 1.165) is 30.8 Å². The summed E-state index contributed by atoms with van der Waals surface area (Å²) in [6, 6.07) is 6.00. The summed E-state index contributed by atoms with van der Waals surface area (Å²) in [4.78, 5) is 14.4. The van der Waals surface area contributed by atoms with Crippen LogP contribution in [0.1, 0.15) is 18.9 Å². The fourth-order valence-corrected chi connectivity index (χ4v) is 2.71. The maximum absolute atomic E-state index is 12.2. The van der Waals surface area contributed by atoms with Gasteiger partial charge in [0.1, 0.15) is 5.75 Å². The van der Waals surface area contributed by atoms with Crippen LogP contribution in [0.15, 0.2) is 18.2 Å². The van der Waals surface area contributed by atoms with Crippen LogP contribution in [0.5, 0.6) is 5.75 Å². The van der Waals surface area contributed by atoms with Crippen molar-refractivity contribution in [2.75, 3.05) is 32.1 Å². The van der Waals surface area contributed by atoms with E-state index in [1.807, 2.05) is 25.1 Å². The molecule has 1 aliphatic heterocycles. The van der Waals surface area contributed by atoms with E-state index in [4.69, 9.17) is 10.5 Å². The maximum Gasteiger partial charge on any atom is 0.238 e. The molecule has 0 aromatic heterocycles. The first kappa shape index (κ1) is 15.8. The number of carbonyl (C=O) groups is 1. The molecule has 1 aliphatic rings. The summed E-state index contributed by atoms with van der Waals surface area (Å²) in [5.41, 5.74) is 7.82. The van der Waals surface area contributed by atoms with Gasteiger partial charge in [0.05, 0.1) is 19.3 Å². The van der Waals surface area contributed by atoms with E-state index < -0.39 is 0 Å². The molecule has 1 aromatic carbocycles. The number of amides is 1. The Morgan fingerprint density at radius 1 is 1.52 bits per heavy atom. The van der Waals surface area contributed by atoms with Crippen molar-refractivity contribution in [3.8, 4) is 5.75 Å². The third kappa shape index (κ3) is 4.19. The Balaban J connectivity index is 1.94. The minimum absolute atomic E-state index is 0.0124. The van der Waals surface area contributed by atoms with Crippen LogP contribution in [0.4, 0.5) is 5.69 Å². The maximum atomic E-state index is 12.2. The van der Waals surface area contributed by atoms with Crippen molar-refractivity contribution in [3.63, 3.8) is 0 Å². The second-order valence-electron chi connectivity index (χ2n) is 5.92. The molecule has 1 heterocycles. The zero-order chi connectivity index (χ0) is 15.4. The highest BCUT2D eigenvalue weighted by molar-refractivity contribution is 5.93. The number of hydrogen-bond donors (Lipinski definition) is 2. The van der Waals surface area contributed by atoms with Crippen molar-refractivity contribution < 1.29 is 9.53 Å². The van der Waals surface area contributed by atoms with Crippen LogP contribution < -0.4 is 15.8 Å². The van der Waals surface area contributed by atoms with Gasteiger partial charge in [-0.15, -0.1) is 0 Å². The number of benzene rings is 1. The van der Waals surface area contributed by atoms with Gasteiger partial charge >= 0.3 is 0 Å². The number of anilines is 1. The van der Waals surface area contributed by atoms with Crippen LogP contribution >= 0.6 is 0 Å². The normalized spacial score (nSPS) is 22.9. The van der Waals surface area contributed by atoms with Gasteiger partial charge in [0.25, 0.3) is 0 Å². The molecular formula is C16H25N3O2. The summed E-state index contributed by atoms with van der Waals surface area (Å²) in [5.74, 6) is 1.10. The highest BCUT2D eigenvalue weighted by Crippen LogP contribution is 2.25. The smallest absolute Gasteiger partial charge is 0.238 e. The topological polar surface area (TPSA) is 67.6 Å². The highest BCUT2D eigenvalue weighted by Gasteiger charge is 2.24. The van der Waals surface area contributed by atoms with Gasteiger partial charge in [-0.05, 0) is 37.0 Å². The van der Waals surface area contributed by atoms with Crippen LogP contribution in [0.2, 0.25) is 0 Å². The van der Waals surface area contributed by atoms with Crippen molar-refractivity contribution in [2.24, 2.45) is 11.7 Å². The van der Waals surface area contributed by atoms with E-state index in [2.05, 4.69) is 17.1 Å². The average molecular weight is 291 g/mol. The van der Waals surface area contributed by atoms with Crippen LogP contribution in [-0.4, -0.2) is 43.6 Å². The summed E-state index contributed by atoms with van der Waals surface area (Å²) < 4.78 is 5.28. The summed E-state index contributed by atoms with van der Waals surface area (Å²) in [7, 11) is 1.61. The molecule has 0 aliphatic carbocycles. The van der Waals surface area contributed by atoms with Crippen molar-refractivity contribution >= 4 is 11.6 Å². The molecule has 1 fully saturated rings. The Morgan fingerprint density at radius 3 is 2.95 bits per heavy atom. The van der Waals surface area contributed by atoms with Gasteiger partial charge in [0, 0.05) is 19.1 Å². The predicted octanol–water partition coefficient (Wildman–Crippen LogP) is 1.61. The number of nitrogens with one attached hydrogen (secondary N) is 1. The van der Waals surface area contributed by atoms with Gasteiger partial charge < -0.3 is 15.8 Å². The number of aryl methyl sites for hydroxylation is 1. The Labute approximate surface area is 126 Å². The number of ether oxygens (including phenoxy) is 1. The molecule has 3 N–H and O–H groups in total. The molecule has 5 heteroatoms. The zero-order valence-corrected chi connectivity index (χ0v) is 13.1. The second kappa shape index (κ2) is 6.91. The number of nitrogens with zero attached hydrogens (tertiary/aromatic N) is 1. The monoisotopic (exact) mass is 291 g/mol. The van der Waals surface area contributed by atoms with Crippen LogP contribution in [-0.2, 0) is 4.79 Å². The minimum atomic E-state index is -0.0124. The molecule has 21 heavy (non-hydrogen) atoms. The van der Waals surface area contributed by atoms with Gasteiger partial charge in [0.2, 0.25) is 5.91 Å². The summed E-state index contributed by atoms with van der Waals surface area (Å²) in [6.45, 7) is 6.28. The van der Waals surface area contributed by atoms with Crippen molar-refractivity contribution in [2.45, 2.75) is 26.3 Å². The third-order valence-corrected chi connectivity index (χ3v) is 4.05. The van der Waals surface area contributed by atoms with Gasteiger partial charge in [-0.25, -0.2) is 0 Å². The largest absolute Gasteiger partial charge is 0.495 e. The summed E-state index contributed by atoms with van der Waals surface area (Å²) in [5, 5.41) is 2.94. The molecule has 2 rings (SSSR count). The fourth-order valence-electron chi connectivity index (χ4n) is 2.71. The van der Waals surface area contributed by atoms with Crippen molar-refractivity contribution in [1.29, 1.82) is 0 Å². The third-order valence-electron chi connectivity index (χ3n) is 4.05. The van der Waals surface area contributed by atoms with Crippen LogP contribution in [0.25, 0.3) is 0 Å². The lowest BCUT2D eigenvalue weighted by molar-refractivity contribution is -0.117. The zero-order valence-electron chi connectivity index (χ0n) is 13.1. The lowest BCUT2D eigenvalue weighted by atomic mass is 9.95. The number of methoxy groups -OCH3 is 1. The average Bonchev–Trinajstić information content (AvgIpc) is 2.43. The molecular weight excluding hydrogens is 266 g/mol. The number of likely N-dealkylation sites (tertiary alicyclic amines) is 1. The van der Waals surface area contributed by atoms with Gasteiger partial charge in [0.15, 0.2) is 0 Å². The molecule has 2 atom stereocenters. The molecule has 0 bridgehead atoms. The molecule has 1 aromatic rings. The van der Waals surface area contributed by atoms with Crippen molar-refractivity contribution in [1.82, 2.24) is 4.90 Å². The first-order valence-electron chi connectivity index (χ1n) is 7.42. The van der Waals surface area contributed by atoms with Gasteiger partial charge in [-0.2, -0.15) is 0 Å². The van der Waals surface area contributed by atoms with E-state index in [1.54, 1.807) is 7.11 Å². The Kier molecular flexibility index (Phi) is 5.20. The lowest BCUT2D eigenvalue weighted by Crippen LogP contribution is -2.48. The number of piperidine rings is 1. The number of hydrogen-bond acceptors (Lipinski definition) is 4. The highest BCUT2D eigenvalue weighted by atomic mass is 16.5. The number of carbonyl (C=O) groups excluding carboxylic acids is 1. The number of nitrogens with two attached hydrogens (primary N) is 1.